The number of benzene rings is 2. The second-order valence-electron chi connectivity index (χ2n) is 4.38. The molecule has 2 aromatic rings. The van der Waals surface area contributed by atoms with E-state index in [1.54, 1.807) is 30.0 Å². The minimum Gasteiger partial charge on any atom is -0.396 e. The molecule has 0 saturated carbocycles. The van der Waals surface area contributed by atoms with Gasteiger partial charge in [-0.1, -0.05) is 29.8 Å². The first-order valence-electron chi connectivity index (χ1n) is 5.81. The van der Waals surface area contributed by atoms with E-state index in [1.807, 2.05) is 0 Å². The quantitative estimate of drug-likeness (QED) is 0.658. The Morgan fingerprint density at radius 1 is 1.17 bits per heavy atom. The van der Waals surface area contributed by atoms with Gasteiger partial charge < -0.3 is 5.73 Å². The standard InChI is InChI=1S/C15H16FNS/c1-10-6-7-11(2)14(8-10)18-9-12-4-3-5-13(17)15(12)16/h3-8H,9,17H2,1-2H3. The molecule has 2 aromatic carbocycles. The molecule has 0 unspecified atom stereocenters. The summed E-state index contributed by atoms with van der Waals surface area (Å²) < 4.78 is 13.7. The van der Waals surface area contributed by atoms with E-state index in [-0.39, 0.29) is 11.5 Å². The second kappa shape index (κ2) is 5.44. The third kappa shape index (κ3) is 2.85. The van der Waals surface area contributed by atoms with Gasteiger partial charge in [0.05, 0.1) is 5.69 Å². The molecule has 0 spiro atoms. The first kappa shape index (κ1) is 13.0. The highest BCUT2D eigenvalue weighted by Crippen LogP contribution is 2.28. The molecule has 94 valence electrons. The molecule has 0 atom stereocenters. The second-order valence-corrected chi connectivity index (χ2v) is 5.40. The zero-order valence-electron chi connectivity index (χ0n) is 10.5. The van der Waals surface area contributed by atoms with Crippen LogP contribution in [0, 0.1) is 19.7 Å². The van der Waals surface area contributed by atoms with E-state index >= 15 is 0 Å². The predicted octanol–water partition coefficient (Wildman–Crippen LogP) is 4.32. The van der Waals surface area contributed by atoms with Gasteiger partial charge in [0.1, 0.15) is 5.82 Å². The smallest absolute Gasteiger partial charge is 0.150 e. The minimum absolute atomic E-state index is 0.217. The average molecular weight is 261 g/mol. The Labute approximate surface area is 111 Å². The summed E-state index contributed by atoms with van der Waals surface area (Å²) in [7, 11) is 0. The van der Waals surface area contributed by atoms with Crippen molar-refractivity contribution in [3.63, 3.8) is 0 Å². The van der Waals surface area contributed by atoms with Crippen LogP contribution >= 0.6 is 11.8 Å². The first-order chi connectivity index (χ1) is 8.58. The number of nitrogen functional groups attached to an aromatic ring is 1. The van der Waals surface area contributed by atoms with Crippen molar-refractivity contribution in [2.75, 3.05) is 5.73 Å². The maximum Gasteiger partial charge on any atom is 0.150 e. The van der Waals surface area contributed by atoms with E-state index in [1.165, 1.54) is 16.0 Å². The van der Waals surface area contributed by atoms with Crippen molar-refractivity contribution in [2.45, 2.75) is 24.5 Å². The van der Waals surface area contributed by atoms with Gasteiger partial charge in [-0.05, 0) is 31.5 Å². The summed E-state index contributed by atoms with van der Waals surface area (Å²) in [5.41, 5.74) is 8.87. The molecule has 1 nitrogen and oxygen atoms in total. The number of thioether (sulfide) groups is 1. The van der Waals surface area contributed by atoms with Crippen LogP contribution in [-0.4, -0.2) is 0 Å². The zero-order chi connectivity index (χ0) is 13.1. The molecule has 0 heterocycles. The van der Waals surface area contributed by atoms with Gasteiger partial charge in [0, 0.05) is 16.2 Å². The molecule has 0 aliphatic heterocycles. The van der Waals surface area contributed by atoms with Crippen molar-refractivity contribution >= 4 is 17.4 Å². The summed E-state index contributed by atoms with van der Waals surface area (Å²) in [6, 6.07) is 11.5. The van der Waals surface area contributed by atoms with Crippen molar-refractivity contribution in [1.29, 1.82) is 0 Å². The number of rotatable bonds is 3. The molecular weight excluding hydrogens is 245 g/mol. The predicted molar refractivity (Wildman–Crippen MR) is 76.3 cm³/mol. The van der Waals surface area contributed by atoms with Crippen LogP contribution in [0.25, 0.3) is 0 Å². The summed E-state index contributed by atoms with van der Waals surface area (Å²) in [6.07, 6.45) is 0. The summed E-state index contributed by atoms with van der Waals surface area (Å²) in [5, 5.41) is 0. The molecule has 0 radical (unpaired) electrons. The van der Waals surface area contributed by atoms with Crippen molar-refractivity contribution in [2.24, 2.45) is 0 Å². The molecule has 0 bridgehead atoms. The highest BCUT2D eigenvalue weighted by Gasteiger charge is 2.07. The Bertz CT molecular complexity index is 564. The Kier molecular flexibility index (Phi) is 3.92. The van der Waals surface area contributed by atoms with Crippen LogP contribution in [0.4, 0.5) is 10.1 Å². The molecule has 2 rings (SSSR count). The van der Waals surface area contributed by atoms with Gasteiger partial charge in [-0.3, -0.25) is 0 Å². The maximum absolute atomic E-state index is 13.7. The lowest BCUT2D eigenvalue weighted by Gasteiger charge is -2.08. The van der Waals surface area contributed by atoms with Gasteiger partial charge in [-0.2, -0.15) is 0 Å². The van der Waals surface area contributed by atoms with Crippen LogP contribution in [0.1, 0.15) is 16.7 Å². The molecule has 0 aliphatic carbocycles. The fourth-order valence-electron chi connectivity index (χ4n) is 1.73. The molecule has 0 aliphatic rings. The molecule has 18 heavy (non-hydrogen) atoms. The van der Waals surface area contributed by atoms with Crippen molar-refractivity contribution in [3.8, 4) is 0 Å². The average Bonchev–Trinajstić information content (AvgIpc) is 2.35. The van der Waals surface area contributed by atoms with Crippen molar-refractivity contribution in [1.82, 2.24) is 0 Å². The Hall–Kier alpha value is -1.48. The molecule has 3 heteroatoms. The molecular formula is C15H16FNS. The summed E-state index contributed by atoms with van der Waals surface area (Å²) in [6.45, 7) is 4.13. The Morgan fingerprint density at radius 2 is 1.94 bits per heavy atom. The molecule has 0 aromatic heterocycles. The SMILES string of the molecule is Cc1ccc(C)c(SCc2cccc(N)c2F)c1. The van der Waals surface area contributed by atoms with Gasteiger partial charge in [-0.25, -0.2) is 4.39 Å². The van der Waals surface area contributed by atoms with Crippen molar-refractivity contribution < 1.29 is 4.39 Å². The largest absolute Gasteiger partial charge is 0.396 e. The monoisotopic (exact) mass is 261 g/mol. The highest BCUT2D eigenvalue weighted by molar-refractivity contribution is 7.98. The zero-order valence-corrected chi connectivity index (χ0v) is 11.4. The van der Waals surface area contributed by atoms with E-state index in [4.69, 9.17) is 5.73 Å². The molecule has 0 saturated heterocycles. The van der Waals surface area contributed by atoms with Crippen LogP contribution < -0.4 is 5.73 Å². The van der Waals surface area contributed by atoms with Gasteiger partial charge in [0.25, 0.3) is 0 Å². The van der Waals surface area contributed by atoms with Crippen LogP contribution in [0.15, 0.2) is 41.3 Å². The number of halogens is 1. The van der Waals surface area contributed by atoms with E-state index in [2.05, 4.69) is 32.0 Å². The molecule has 0 amide bonds. The van der Waals surface area contributed by atoms with Crippen molar-refractivity contribution in [3.05, 3.63) is 58.9 Å². The van der Waals surface area contributed by atoms with Crippen LogP contribution in [0.2, 0.25) is 0 Å². The maximum atomic E-state index is 13.7. The Morgan fingerprint density at radius 3 is 2.72 bits per heavy atom. The normalized spacial score (nSPS) is 10.6. The van der Waals surface area contributed by atoms with E-state index in [0.717, 1.165) is 0 Å². The fourth-order valence-corrected chi connectivity index (χ4v) is 2.83. The van der Waals surface area contributed by atoms with Crippen LogP contribution in [-0.2, 0) is 5.75 Å². The third-order valence-electron chi connectivity index (χ3n) is 2.84. The fraction of sp³-hybridized carbons (Fsp3) is 0.200. The van der Waals surface area contributed by atoms with Crippen LogP contribution in [0.5, 0.6) is 0 Å². The van der Waals surface area contributed by atoms with E-state index in [0.29, 0.717) is 11.3 Å². The number of aryl methyl sites for hydroxylation is 2. The lowest BCUT2D eigenvalue weighted by molar-refractivity contribution is 0.622. The van der Waals surface area contributed by atoms with Gasteiger partial charge in [-0.15, -0.1) is 11.8 Å². The number of anilines is 1. The Balaban J connectivity index is 2.16. The lowest BCUT2D eigenvalue weighted by Crippen LogP contribution is -1.95. The number of hydrogen-bond donors (Lipinski definition) is 1. The van der Waals surface area contributed by atoms with Gasteiger partial charge in [0.15, 0.2) is 0 Å². The van der Waals surface area contributed by atoms with Crippen LogP contribution in [0.3, 0.4) is 0 Å². The number of hydrogen-bond acceptors (Lipinski definition) is 2. The summed E-state index contributed by atoms with van der Waals surface area (Å²) in [4.78, 5) is 1.19. The lowest BCUT2D eigenvalue weighted by atomic mass is 10.2. The van der Waals surface area contributed by atoms with Gasteiger partial charge >= 0.3 is 0 Å². The highest BCUT2D eigenvalue weighted by atomic mass is 32.2. The van der Waals surface area contributed by atoms with E-state index in [9.17, 15) is 4.39 Å². The van der Waals surface area contributed by atoms with Gasteiger partial charge in [0.2, 0.25) is 0 Å². The number of nitrogens with two attached hydrogens (primary N) is 1. The summed E-state index contributed by atoms with van der Waals surface area (Å²) >= 11 is 1.64. The topological polar surface area (TPSA) is 26.0 Å². The van der Waals surface area contributed by atoms with E-state index < -0.39 is 0 Å². The first-order valence-corrected chi connectivity index (χ1v) is 6.79. The third-order valence-corrected chi connectivity index (χ3v) is 4.04. The minimum atomic E-state index is -0.296. The molecule has 0 fully saturated rings. The summed E-state index contributed by atoms with van der Waals surface area (Å²) in [5.74, 6) is 0.302. The molecule has 2 N–H and O–H groups in total.